The lowest BCUT2D eigenvalue weighted by Crippen LogP contribution is -2.46. The van der Waals surface area contributed by atoms with E-state index in [9.17, 15) is 4.79 Å². The molecule has 0 aromatic heterocycles. The smallest absolute Gasteiger partial charge is 0.407 e. The zero-order chi connectivity index (χ0) is 27.0. The Morgan fingerprint density at radius 1 is 0.722 bits per heavy atom. The Labute approximate surface area is 217 Å². The highest BCUT2D eigenvalue weighted by molar-refractivity contribution is 5.67. The largest absolute Gasteiger partial charge is 0.449 e. The van der Waals surface area contributed by atoms with Gasteiger partial charge in [0.2, 0.25) is 0 Å². The lowest BCUT2D eigenvalue weighted by atomic mass is 9.90. The summed E-state index contributed by atoms with van der Waals surface area (Å²) in [7, 11) is 4.84. The first-order valence-electron chi connectivity index (χ1n) is 12.5. The molecule has 0 aromatic carbocycles. The zero-order valence-corrected chi connectivity index (χ0v) is 22.7. The highest BCUT2D eigenvalue weighted by atomic mass is 16.6. The third-order valence-electron chi connectivity index (χ3n) is 5.37. The monoisotopic (exact) mass is 518 g/mol. The summed E-state index contributed by atoms with van der Waals surface area (Å²) < 4.78 is 39.5. The van der Waals surface area contributed by atoms with Crippen molar-refractivity contribution >= 4 is 6.09 Å². The van der Waals surface area contributed by atoms with Crippen LogP contribution in [0.2, 0.25) is 0 Å². The van der Waals surface area contributed by atoms with Crippen molar-refractivity contribution in [3.05, 3.63) is 25.3 Å². The third-order valence-corrected chi connectivity index (χ3v) is 5.37. The van der Waals surface area contributed by atoms with Gasteiger partial charge in [-0.05, 0) is 19.4 Å². The Kier molecular flexibility index (Phi) is 21.7. The molecule has 3 N–H and O–H groups in total. The molecule has 10 nitrogen and oxygen atoms in total. The van der Waals surface area contributed by atoms with E-state index in [0.717, 1.165) is 25.7 Å². The number of unbranched alkanes of at least 4 members (excludes halogenated alkanes) is 3. The second-order valence-corrected chi connectivity index (χ2v) is 9.11. The van der Waals surface area contributed by atoms with Crippen molar-refractivity contribution in [2.75, 3.05) is 100 Å². The number of hydrogen-bond acceptors (Lipinski definition) is 9. The van der Waals surface area contributed by atoms with E-state index in [4.69, 9.17) is 38.9 Å². The van der Waals surface area contributed by atoms with Crippen LogP contribution < -0.4 is 11.1 Å². The van der Waals surface area contributed by atoms with Gasteiger partial charge in [0.15, 0.2) is 0 Å². The Morgan fingerprint density at radius 2 is 1.19 bits per heavy atom. The van der Waals surface area contributed by atoms with Crippen LogP contribution >= 0.6 is 0 Å². The van der Waals surface area contributed by atoms with Gasteiger partial charge in [-0.25, -0.2) is 4.79 Å². The van der Waals surface area contributed by atoms with E-state index in [1.807, 2.05) is 0 Å². The molecule has 10 heteroatoms. The number of hydrogen-bond donors (Lipinski definition) is 2. The van der Waals surface area contributed by atoms with Gasteiger partial charge in [0.25, 0.3) is 0 Å². The number of ether oxygens (including phenoxy) is 7. The lowest BCUT2D eigenvalue weighted by Gasteiger charge is -2.35. The molecule has 0 rings (SSSR count). The van der Waals surface area contributed by atoms with Crippen molar-refractivity contribution in [2.45, 2.75) is 25.7 Å². The summed E-state index contributed by atoms with van der Waals surface area (Å²) in [6.07, 6.45) is 6.79. The van der Waals surface area contributed by atoms with E-state index in [1.165, 1.54) is 0 Å². The number of nitrogens with two attached hydrogens (primary N) is 1. The van der Waals surface area contributed by atoms with Gasteiger partial charge in [-0.2, -0.15) is 0 Å². The fraction of sp³-hybridized carbons (Fsp3) is 0.808. The maximum absolute atomic E-state index is 12.3. The summed E-state index contributed by atoms with van der Waals surface area (Å²) in [6, 6.07) is 0. The molecule has 0 fully saturated rings. The number of nitrogens with one attached hydrogen (secondary N) is 1. The highest BCUT2D eigenvalue weighted by Crippen LogP contribution is 2.25. The summed E-state index contributed by atoms with van der Waals surface area (Å²) in [4.78, 5) is 12.3. The van der Waals surface area contributed by atoms with Crippen molar-refractivity contribution in [3.63, 3.8) is 0 Å². The standard InChI is InChI=1S/C26H50N2O8/c1-6-14-33-19-25(16-30-3,17-31-4)21-35-22-26(18-32-5,20-34-15-7-2)23-36-24(29)28-13-11-9-8-10-12-27/h6-7H,1-2,8-23,27H2,3-5H3,(H,28,29). The Balaban J connectivity index is 5.14. The van der Waals surface area contributed by atoms with Crippen LogP contribution in [0.3, 0.4) is 0 Å². The van der Waals surface area contributed by atoms with Gasteiger partial charge < -0.3 is 44.2 Å². The van der Waals surface area contributed by atoms with E-state index in [2.05, 4.69) is 18.5 Å². The number of amides is 1. The predicted octanol–water partition coefficient (Wildman–Crippen LogP) is 2.57. The van der Waals surface area contributed by atoms with E-state index in [0.29, 0.717) is 52.7 Å². The molecule has 0 heterocycles. The van der Waals surface area contributed by atoms with Crippen molar-refractivity contribution in [2.24, 2.45) is 16.6 Å². The molecule has 1 atom stereocenters. The Bertz CT molecular complexity index is 558. The zero-order valence-electron chi connectivity index (χ0n) is 22.7. The average molecular weight is 519 g/mol. The van der Waals surface area contributed by atoms with E-state index in [-0.39, 0.29) is 26.4 Å². The van der Waals surface area contributed by atoms with E-state index in [1.54, 1.807) is 33.5 Å². The normalized spacial score (nSPS) is 13.2. The molecular weight excluding hydrogens is 468 g/mol. The molecule has 0 saturated heterocycles. The van der Waals surface area contributed by atoms with Crippen LogP contribution in [0, 0.1) is 10.8 Å². The molecule has 0 bridgehead atoms. The molecule has 212 valence electrons. The van der Waals surface area contributed by atoms with Crippen LogP contribution in [0.5, 0.6) is 0 Å². The SMILES string of the molecule is C=CCOCC(COC)(COC)COCC(COC)(COCC=C)COC(=O)NCCCCCCN. The topological polar surface area (TPSA) is 120 Å². The lowest BCUT2D eigenvalue weighted by molar-refractivity contribution is -0.125. The number of carbonyl (C=O) groups is 1. The fourth-order valence-electron chi connectivity index (χ4n) is 3.70. The molecule has 36 heavy (non-hydrogen) atoms. The Morgan fingerprint density at radius 3 is 1.67 bits per heavy atom. The van der Waals surface area contributed by atoms with Crippen LogP contribution in [0.25, 0.3) is 0 Å². The maximum Gasteiger partial charge on any atom is 0.407 e. The summed E-state index contributed by atoms with van der Waals surface area (Å²) >= 11 is 0. The minimum atomic E-state index is -0.718. The molecule has 0 radical (unpaired) electrons. The first kappa shape index (κ1) is 34.5. The molecule has 0 aromatic rings. The van der Waals surface area contributed by atoms with Crippen molar-refractivity contribution in [1.29, 1.82) is 0 Å². The molecule has 0 saturated carbocycles. The van der Waals surface area contributed by atoms with Gasteiger partial charge >= 0.3 is 6.09 Å². The number of alkyl carbamates (subject to hydrolysis) is 1. The summed E-state index contributed by atoms with van der Waals surface area (Å²) in [5.74, 6) is 0. The van der Waals surface area contributed by atoms with Crippen molar-refractivity contribution in [3.8, 4) is 0 Å². The highest BCUT2D eigenvalue weighted by Gasteiger charge is 2.37. The third kappa shape index (κ3) is 16.3. The van der Waals surface area contributed by atoms with Crippen molar-refractivity contribution in [1.82, 2.24) is 5.32 Å². The Hall–Kier alpha value is -1.53. The van der Waals surface area contributed by atoms with Gasteiger partial charge in [-0.3, -0.25) is 0 Å². The van der Waals surface area contributed by atoms with Gasteiger partial charge in [-0.15, -0.1) is 13.2 Å². The molecule has 1 amide bonds. The van der Waals surface area contributed by atoms with Gasteiger partial charge in [0.05, 0.1) is 70.3 Å². The molecule has 0 spiro atoms. The molecule has 0 aliphatic carbocycles. The van der Waals surface area contributed by atoms with Crippen LogP contribution in [-0.2, 0) is 33.2 Å². The van der Waals surface area contributed by atoms with E-state index < -0.39 is 16.9 Å². The first-order valence-corrected chi connectivity index (χ1v) is 12.5. The van der Waals surface area contributed by atoms with Gasteiger partial charge in [0.1, 0.15) is 6.61 Å². The fourth-order valence-corrected chi connectivity index (χ4v) is 3.70. The molecular formula is C26H50N2O8. The van der Waals surface area contributed by atoms with Gasteiger partial charge in [-0.1, -0.05) is 25.0 Å². The average Bonchev–Trinajstić information content (AvgIpc) is 2.86. The summed E-state index contributed by atoms with van der Waals surface area (Å²) in [6.45, 7) is 11.6. The predicted molar refractivity (Wildman–Crippen MR) is 140 cm³/mol. The summed E-state index contributed by atoms with van der Waals surface area (Å²) in [5.41, 5.74) is 4.27. The van der Waals surface area contributed by atoms with Gasteiger partial charge in [0, 0.05) is 27.9 Å². The number of rotatable bonds is 26. The van der Waals surface area contributed by atoms with Crippen molar-refractivity contribution < 1.29 is 38.0 Å². The molecule has 0 aliphatic rings. The quantitative estimate of drug-likeness (QED) is 0.131. The molecule has 1 unspecified atom stereocenters. The maximum atomic E-state index is 12.3. The van der Waals surface area contributed by atoms with Crippen LogP contribution in [0.4, 0.5) is 4.79 Å². The first-order chi connectivity index (χ1) is 17.5. The minimum absolute atomic E-state index is 0.0610. The molecule has 0 aliphatic heterocycles. The second kappa shape index (κ2) is 22.7. The van der Waals surface area contributed by atoms with Crippen LogP contribution in [0.1, 0.15) is 25.7 Å². The van der Waals surface area contributed by atoms with Crippen LogP contribution in [0.15, 0.2) is 25.3 Å². The second-order valence-electron chi connectivity index (χ2n) is 9.11. The summed E-state index contributed by atoms with van der Waals surface area (Å²) in [5, 5.41) is 2.80. The number of methoxy groups -OCH3 is 3. The van der Waals surface area contributed by atoms with Crippen LogP contribution in [-0.4, -0.2) is 107 Å². The minimum Gasteiger partial charge on any atom is -0.449 e. The number of carbonyl (C=O) groups excluding carboxylic acids is 1. The van der Waals surface area contributed by atoms with E-state index >= 15 is 0 Å².